The second-order valence-corrected chi connectivity index (χ2v) is 8.26. The van der Waals surface area contributed by atoms with E-state index in [1.807, 2.05) is 25.4 Å². The highest BCUT2D eigenvalue weighted by atomic mass is 32.2. The van der Waals surface area contributed by atoms with Gasteiger partial charge in [-0.05, 0) is 18.6 Å². The van der Waals surface area contributed by atoms with Crippen molar-refractivity contribution in [3.05, 3.63) is 29.4 Å². The minimum atomic E-state index is -3.81. The molecule has 3 rings (SSSR count). The molecule has 0 bridgehead atoms. The molecule has 8 nitrogen and oxygen atoms in total. The molecule has 2 aromatic heterocycles. The predicted molar refractivity (Wildman–Crippen MR) is 85.1 cm³/mol. The van der Waals surface area contributed by atoms with Crippen molar-refractivity contribution in [2.45, 2.75) is 18.5 Å². The molecule has 0 spiro atoms. The smallest absolute Gasteiger partial charge is 0.322 e. The number of nitrogens with one attached hydrogen (secondary N) is 1. The summed E-state index contributed by atoms with van der Waals surface area (Å²) >= 11 is 1.43. The summed E-state index contributed by atoms with van der Waals surface area (Å²) in [5.41, 5.74) is 0.939. The lowest BCUT2D eigenvalue weighted by Crippen LogP contribution is -2.54. The molecule has 0 saturated carbocycles. The number of aliphatic carboxylic acids is 1. The van der Waals surface area contributed by atoms with Crippen LogP contribution in [0.3, 0.4) is 0 Å². The Morgan fingerprint density at radius 2 is 2.17 bits per heavy atom. The van der Waals surface area contributed by atoms with E-state index in [1.165, 1.54) is 18.4 Å². The van der Waals surface area contributed by atoms with Gasteiger partial charge in [0, 0.05) is 35.6 Å². The number of carboxylic acid groups (broad SMARTS) is 1. The van der Waals surface area contributed by atoms with Gasteiger partial charge in [0.1, 0.15) is 6.04 Å². The van der Waals surface area contributed by atoms with Crippen LogP contribution in [0.25, 0.3) is 10.4 Å². The monoisotopic (exact) mass is 356 g/mol. The number of hydrogen-bond acceptors (Lipinski definition) is 5. The van der Waals surface area contributed by atoms with Crippen LogP contribution in [0.4, 0.5) is 0 Å². The molecule has 124 valence electrons. The molecule has 0 radical (unpaired) electrons. The van der Waals surface area contributed by atoms with E-state index in [9.17, 15) is 18.3 Å². The Morgan fingerprint density at radius 1 is 1.43 bits per heavy atom. The molecular weight excluding hydrogens is 340 g/mol. The standard InChI is InChI=1S/C13H16N4O4S2/c1-16-7-8(6-14-16)11-3-4-12(22-11)9-5-10(13(18)19)17(2)23(20,21)15-9/h3-4,6-7,9-10,15H,5H2,1-2H3,(H,18,19). The summed E-state index contributed by atoms with van der Waals surface area (Å²) in [4.78, 5) is 13.1. The van der Waals surface area contributed by atoms with Gasteiger partial charge in [-0.2, -0.15) is 22.5 Å². The summed E-state index contributed by atoms with van der Waals surface area (Å²) in [6.07, 6.45) is 3.78. The second-order valence-electron chi connectivity index (χ2n) is 5.39. The zero-order chi connectivity index (χ0) is 16.8. The minimum Gasteiger partial charge on any atom is -0.480 e. The van der Waals surface area contributed by atoms with Gasteiger partial charge in [0.2, 0.25) is 0 Å². The Balaban J connectivity index is 1.90. The van der Waals surface area contributed by atoms with Gasteiger partial charge in [0.25, 0.3) is 10.2 Å². The van der Waals surface area contributed by atoms with Crippen LogP contribution in [0, 0.1) is 0 Å². The first-order chi connectivity index (χ1) is 10.8. The van der Waals surface area contributed by atoms with E-state index in [1.54, 1.807) is 10.9 Å². The van der Waals surface area contributed by atoms with Crippen LogP contribution in [0.1, 0.15) is 17.3 Å². The molecule has 3 heterocycles. The third-order valence-electron chi connectivity index (χ3n) is 3.81. The lowest BCUT2D eigenvalue weighted by Gasteiger charge is -2.34. The summed E-state index contributed by atoms with van der Waals surface area (Å²) in [5, 5.41) is 13.4. The Bertz CT molecular complexity index is 842. The van der Waals surface area contributed by atoms with Gasteiger partial charge in [-0.15, -0.1) is 11.3 Å². The lowest BCUT2D eigenvalue weighted by molar-refractivity contribution is -0.141. The number of hydrogen-bond donors (Lipinski definition) is 2. The van der Waals surface area contributed by atoms with Crippen LogP contribution >= 0.6 is 11.3 Å². The van der Waals surface area contributed by atoms with Gasteiger partial charge >= 0.3 is 5.97 Å². The van der Waals surface area contributed by atoms with Crippen LogP contribution < -0.4 is 4.72 Å². The fraction of sp³-hybridized carbons (Fsp3) is 0.385. The van der Waals surface area contributed by atoms with E-state index in [-0.39, 0.29) is 6.42 Å². The summed E-state index contributed by atoms with van der Waals surface area (Å²) in [5.74, 6) is -1.15. The van der Waals surface area contributed by atoms with E-state index in [4.69, 9.17) is 0 Å². The average molecular weight is 356 g/mol. The van der Waals surface area contributed by atoms with Gasteiger partial charge in [-0.3, -0.25) is 9.48 Å². The number of rotatable bonds is 3. The van der Waals surface area contributed by atoms with Crippen LogP contribution in [0.5, 0.6) is 0 Å². The van der Waals surface area contributed by atoms with Crippen molar-refractivity contribution in [1.82, 2.24) is 18.8 Å². The molecule has 2 N–H and O–H groups in total. The molecule has 0 aromatic carbocycles. The molecule has 0 amide bonds. The molecule has 2 unspecified atom stereocenters. The van der Waals surface area contributed by atoms with E-state index < -0.39 is 28.3 Å². The first kappa shape index (κ1) is 16.1. The Labute approximate surface area is 137 Å². The third kappa shape index (κ3) is 3.02. The summed E-state index contributed by atoms with van der Waals surface area (Å²) in [7, 11) is -0.721. The molecule has 23 heavy (non-hydrogen) atoms. The summed E-state index contributed by atoms with van der Waals surface area (Å²) in [6, 6.07) is 2.09. The maximum atomic E-state index is 12.1. The second kappa shape index (κ2) is 5.71. The molecule has 0 aliphatic carbocycles. The van der Waals surface area contributed by atoms with Crippen LogP contribution in [-0.4, -0.2) is 46.7 Å². The van der Waals surface area contributed by atoms with Gasteiger partial charge in [-0.1, -0.05) is 0 Å². The van der Waals surface area contributed by atoms with Crippen molar-refractivity contribution in [2.75, 3.05) is 7.05 Å². The maximum absolute atomic E-state index is 12.1. The van der Waals surface area contributed by atoms with Crippen LogP contribution in [0.15, 0.2) is 24.5 Å². The summed E-state index contributed by atoms with van der Waals surface area (Å²) < 4.78 is 29.3. The van der Waals surface area contributed by atoms with E-state index in [0.29, 0.717) is 0 Å². The Kier molecular flexibility index (Phi) is 4.00. The topological polar surface area (TPSA) is 105 Å². The van der Waals surface area contributed by atoms with Crippen molar-refractivity contribution >= 4 is 27.5 Å². The van der Waals surface area contributed by atoms with Crippen molar-refractivity contribution in [2.24, 2.45) is 7.05 Å². The predicted octanol–water partition coefficient (Wildman–Crippen LogP) is 0.813. The van der Waals surface area contributed by atoms with Crippen molar-refractivity contribution in [1.29, 1.82) is 0 Å². The van der Waals surface area contributed by atoms with Gasteiger partial charge in [0.15, 0.2) is 0 Å². The van der Waals surface area contributed by atoms with Crippen molar-refractivity contribution in [3.8, 4) is 10.4 Å². The fourth-order valence-electron chi connectivity index (χ4n) is 2.52. The molecule has 1 saturated heterocycles. The largest absolute Gasteiger partial charge is 0.480 e. The Morgan fingerprint density at radius 3 is 2.78 bits per heavy atom. The molecule has 2 aromatic rings. The SMILES string of the molecule is CN1C(C(=O)O)CC(c2ccc(-c3cnn(C)c3)s2)NS1(=O)=O. The number of likely N-dealkylation sites (N-methyl/N-ethyl adjacent to an activating group) is 1. The first-order valence-corrected chi connectivity index (χ1v) is 9.10. The zero-order valence-corrected chi connectivity index (χ0v) is 14.1. The van der Waals surface area contributed by atoms with Crippen molar-refractivity contribution < 1.29 is 18.3 Å². The molecular formula is C13H16N4O4S2. The van der Waals surface area contributed by atoms with E-state index in [2.05, 4.69) is 9.82 Å². The zero-order valence-electron chi connectivity index (χ0n) is 12.5. The quantitative estimate of drug-likeness (QED) is 0.847. The lowest BCUT2D eigenvalue weighted by atomic mass is 10.1. The number of carboxylic acids is 1. The third-order valence-corrected chi connectivity index (χ3v) is 6.66. The number of aryl methyl sites for hydroxylation is 1. The normalized spacial score (nSPS) is 24.6. The number of thiophene rings is 1. The number of aromatic nitrogens is 2. The van der Waals surface area contributed by atoms with Crippen molar-refractivity contribution in [3.63, 3.8) is 0 Å². The molecule has 1 aliphatic heterocycles. The number of carbonyl (C=O) groups is 1. The van der Waals surface area contributed by atoms with Crippen LogP contribution in [0.2, 0.25) is 0 Å². The van der Waals surface area contributed by atoms with Crippen LogP contribution in [-0.2, 0) is 22.1 Å². The molecule has 1 aliphatic rings. The highest BCUT2D eigenvalue weighted by Gasteiger charge is 2.41. The van der Waals surface area contributed by atoms with E-state index >= 15 is 0 Å². The minimum absolute atomic E-state index is 0.179. The number of nitrogens with zero attached hydrogens (tertiary/aromatic N) is 3. The molecule has 2 atom stereocenters. The molecule has 10 heteroatoms. The average Bonchev–Trinajstić information content (AvgIpc) is 3.09. The highest BCUT2D eigenvalue weighted by molar-refractivity contribution is 7.87. The Hall–Kier alpha value is -1.75. The van der Waals surface area contributed by atoms with Gasteiger partial charge in [0.05, 0.1) is 12.2 Å². The maximum Gasteiger partial charge on any atom is 0.322 e. The summed E-state index contributed by atoms with van der Waals surface area (Å²) in [6.45, 7) is 0. The molecule has 1 fully saturated rings. The van der Waals surface area contributed by atoms with Gasteiger partial charge < -0.3 is 5.11 Å². The highest BCUT2D eigenvalue weighted by Crippen LogP contribution is 2.35. The van der Waals surface area contributed by atoms with E-state index in [0.717, 1.165) is 19.6 Å². The first-order valence-electron chi connectivity index (χ1n) is 6.85. The van der Waals surface area contributed by atoms with Gasteiger partial charge in [-0.25, -0.2) is 0 Å². The fourth-order valence-corrected chi connectivity index (χ4v) is 4.91.